The van der Waals surface area contributed by atoms with Gasteiger partial charge in [0.25, 0.3) is 0 Å². The maximum absolute atomic E-state index is 10.3. The third kappa shape index (κ3) is 5.62. The second-order valence-electron chi connectivity index (χ2n) is 6.54. The van der Waals surface area contributed by atoms with Gasteiger partial charge in [0, 0.05) is 12.6 Å². The number of ether oxygens (including phenoxy) is 1. The lowest BCUT2D eigenvalue weighted by Gasteiger charge is -2.34. The molecule has 1 saturated heterocycles. The zero-order valence-electron chi connectivity index (χ0n) is 14.1. The summed E-state index contributed by atoms with van der Waals surface area (Å²) in [4.78, 5) is 2.43. The van der Waals surface area contributed by atoms with Gasteiger partial charge in [0.2, 0.25) is 0 Å². The molecule has 1 fully saturated rings. The molecular formula is C19H31NO2. The lowest BCUT2D eigenvalue weighted by Crippen LogP contribution is -2.42. The monoisotopic (exact) mass is 305 g/mol. The van der Waals surface area contributed by atoms with Gasteiger partial charge in [-0.3, -0.25) is 4.90 Å². The highest BCUT2D eigenvalue weighted by Gasteiger charge is 2.20. The molecule has 2 rings (SSSR count). The Balaban J connectivity index is 1.77. The van der Waals surface area contributed by atoms with E-state index in [1.807, 2.05) is 12.1 Å². The molecule has 0 amide bonds. The summed E-state index contributed by atoms with van der Waals surface area (Å²) in [6.45, 7) is 7.13. The van der Waals surface area contributed by atoms with E-state index in [0.29, 0.717) is 6.04 Å². The summed E-state index contributed by atoms with van der Waals surface area (Å²) in [6, 6.07) is 8.79. The molecule has 0 aromatic heterocycles. The minimum absolute atomic E-state index is 0.285. The van der Waals surface area contributed by atoms with Gasteiger partial charge < -0.3 is 9.84 Å². The molecule has 1 aromatic carbocycles. The van der Waals surface area contributed by atoms with Crippen LogP contribution in [0.4, 0.5) is 0 Å². The molecule has 0 radical (unpaired) electrons. The standard InChI is InChI=1S/C19H31NO2/c1-3-4-13-22-19-10-8-17(9-11-19)14-18(21)15-20-12-6-5-7-16(20)2/h8-11,16,18,21H,3-7,12-15H2,1-2H3. The van der Waals surface area contributed by atoms with Gasteiger partial charge in [0.05, 0.1) is 12.7 Å². The molecular weight excluding hydrogens is 274 g/mol. The summed E-state index contributed by atoms with van der Waals surface area (Å²) in [5.41, 5.74) is 1.18. The Morgan fingerprint density at radius 3 is 2.73 bits per heavy atom. The van der Waals surface area contributed by atoms with E-state index in [-0.39, 0.29) is 6.10 Å². The number of aliphatic hydroxyl groups is 1. The second kappa shape index (κ2) is 9.16. The molecule has 3 heteroatoms. The number of aliphatic hydroxyl groups excluding tert-OH is 1. The zero-order valence-corrected chi connectivity index (χ0v) is 14.1. The van der Waals surface area contributed by atoms with E-state index in [2.05, 4.69) is 30.9 Å². The smallest absolute Gasteiger partial charge is 0.119 e. The molecule has 0 bridgehead atoms. The molecule has 0 spiro atoms. The number of β-amino-alcohol motifs (C(OH)–C–C–N with tert-alkyl or cyclic N) is 1. The molecule has 1 N–H and O–H groups in total. The number of unbranched alkanes of at least 4 members (excludes halogenated alkanes) is 1. The highest BCUT2D eigenvalue weighted by Crippen LogP contribution is 2.18. The van der Waals surface area contributed by atoms with Gasteiger partial charge >= 0.3 is 0 Å². The first-order valence-corrected chi connectivity index (χ1v) is 8.83. The third-order valence-corrected chi connectivity index (χ3v) is 4.55. The average molecular weight is 305 g/mol. The topological polar surface area (TPSA) is 32.7 Å². The van der Waals surface area contributed by atoms with Crippen LogP contribution in [0.1, 0.15) is 51.5 Å². The molecule has 1 heterocycles. The fraction of sp³-hybridized carbons (Fsp3) is 0.684. The van der Waals surface area contributed by atoms with Crippen LogP contribution in [0, 0.1) is 0 Å². The summed E-state index contributed by atoms with van der Waals surface area (Å²) < 4.78 is 5.67. The zero-order chi connectivity index (χ0) is 15.8. The van der Waals surface area contributed by atoms with Crippen LogP contribution in [0.5, 0.6) is 5.75 Å². The second-order valence-corrected chi connectivity index (χ2v) is 6.54. The van der Waals surface area contributed by atoms with Crippen molar-refractivity contribution in [1.82, 2.24) is 4.90 Å². The molecule has 1 aliphatic heterocycles. The van der Waals surface area contributed by atoms with E-state index in [0.717, 1.165) is 44.7 Å². The van der Waals surface area contributed by atoms with Crippen molar-refractivity contribution in [2.45, 2.75) is 64.5 Å². The van der Waals surface area contributed by atoms with Gasteiger partial charge in [-0.2, -0.15) is 0 Å². The summed E-state index contributed by atoms with van der Waals surface area (Å²) >= 11 is 0. The van der Waals surface area contributed by atoms with Crippen LogP contribution >= 0.6 is 0 Å². The first-order chi connectivity index (χ1) is 10.7. The fourth-order valence-electron chi connectivity index (χ4n) is 3.09. The van der Waals surface area contributed by atoms with Crippen LogP contribution in [0.25, 0.3) is 0 Å². The number of nitrogens with zero attached hydrogens (tertiary/aromatic N) is 1. The van der Waals surface area contributed by atoms with Gasteiger partial charge in [0.1, 0.15) is 5.75 Å². The normalized spacial score (nSPS) is 20.8. The Bertz CT molecular complexity index is 418. The lowest BCUT2D eigenvalue weighted by molar-refractivity contribution is 0.0736. The van der Waals surface area contributed by atoms with E-state index in [1.165, 1.54) is 24.8 Å². The molecule has 3 nitrogen and oxygen atoms in total. The molecule has 0 saturated carbocycles. The van der Waals surface area contributed by atoms with E-state index in [4.69, 9.17) is 4.74 Å². The minimum Gasteiger partial charge on any atom is -0.494 e. The Hall–Kier alpha value is -1.06. The summed E-state index contributed by atoms with van der Waals surface area (Å²) in [5, 5.41) is 10.3. The maximum atomic E-state index is 10.3. The van der Waals surface area contributed by atoms with Gasteiger partial charge in [-0.05, 0) is 56.8 Å². The predicted octanol–water partition coefficient (Wildman–Crippen LogP) is 3.64. The van der Waals surface area contributed by atoms with Crippen molar-refractivity contribution in [3.05, 3.63) is 29.8 Å². The molecule has 22 heavy (non-hydrogen) atoms. The van der Waals surface area contributed by atoms with Gasteiger partial charge in [-0.25, -0.2) is 0 Å². The summed E-state index contributed by atoms with van der Waals surface area (Å²) in [6.07, 6.45) is 6.53. The summed E-state index contributed by atoms with van der Waals surface area (Å²) in [7, 11) is 0. The average Bonchev–Trinajstić information content (AvgIpc) is 2.51. The van der Waals surface area contributed by atoms with Crippen LogP contribution in [-0.4, -0.2) is 41.8 Å². The Labute approximate surface area is 135 Å². The van der Waals surface area contributed by atoms with Crippen molar-refractivity contribution in [2.24, 2.45) is 0 Å². The molecule has 1 aliphatic rings. The van der Waals surface area contributed by atoms with Gasteiger partial charge in [-0.1, -0.05) is 31.9 Å². The number of piperidine rings is 1. The molecule has 2 atom stereocenters. The van der Waals surface area contributed by atoms with Crippen molar-refractivity contribution >= 4 is 0 Å². The van der Waals surface area contributed by atoms with Crippen molar-refractivity contribution in [2.75, 3.05) is 19.7 Å². The Morgan fingerprint density at radius 2 is 2.05 bits per heavy atom. The molecule has 124 valence electrons. The number of likely N-dealkylation sites (tertiary alicyclic amines) is 1. The Morgan fingerprint density at radius 1 is 1.27 bits per heavy atom. The van der Waals surface area contributed by atoms with E-state index in [9.17, 15) is 5.11 Å². The highest BCUT2D eigenvalue weighted by atomic mass is 16.5. The van der Waals surface area contributed by atoms with Crippen molar-refractivity contribution < 1.29 is 9.84 Å². The molecule has 2 unspecified atom stereocenters. The van der Waals surface area contributed by atoms with Gasteiger partial charge in [-0.15, -0.1) is 0 Å². The van der Waals surface area contributed by atoms with Crippen molar-refractivity contribution in [3.8, 4) is 5.75 Å². The number of rotatable bonds is 8. The van der Waals surface area contributed by atoms with Crippen molar-refractivity contribution in [3.63, 3.8) is 0 Å². The van der Waals surface area contributed by atoms with Crippen molar-refractivity contribution in [1.29, 1.82) is 0 Å². The quantitative estimate of drug-likeness (QED) is 0.744. The van der Waals surface area contributed by atoms with Gasteiger partial charge in [0.15, 0.2) is 0 Å². The lowest BCUT2D eigenvalue weighted by atomic mass is 10.0. The largest absolute Gasteiger partial charge is 0.494 e. The predicted molar refractivity (Wildman–Crippen MR) is 91.4 cm³/mol. The molecule has 0 aliphatic carbocycles. The highest BCUT2D eigenvalue weighted by molar-refractivity contribution is 5.27. The summed E-state index contributed by atoms with van der Waals surface area (Å²) in [5.74, 6) is 0.927. The fourth-order valence-corrected chi connectivity index (χ4v) is 3.09. The maximum Gasteiger partial charge on any atom is 0.119 e. The number of hydrogen-bond acceptors (Lipinski definition) is 3. The van der Waals surface area contributed by atoms with Crippen LogP contribution in [-0.2, 0) is 6.42 Å². The van der Waals surface area contributed by atoms with Crippen LogP contribution in [0.3, 0.4) is 0 Å². The van der Waals surface area contributed by atoms with E-state index >= 15 is 0 Å². The van der Waals surface area contributed by atoms with Crippen LogP contribution in [0.15, 0.2) is 24.3 Å². The van der Waals surface area contributed by atoms with E-state index in [1.54, 1.807) is 0 Å². The van der Waals surface area contributed by atoms with Crippen LogP contribution < -0.4 is 4.74 Å². The molecule has 1 aromatic rings. The number of benzene rings is 1. The minimum atomic E-state index is -0.285. The first kappa shape index (κ1) is 17.3. The van der Waals surface area contributed by atoms with E-state index < -0.39 is 0 Å². The SMILES string of the molecule is CCCCOc1ccc(CC(O)CN2CCCCC2C)cc1. The number of hydrogen-bond donors (Lipinski definition) is 1. The third-order valence-electron chi connectivity index (χ3n) is 4.55. The van der Waals surface area contributed by atoms with Crippen LogP contribution in [0.2, 0.25) is 0 Å². The first-order valence-electron chi connectivity index (χ1n) is 8.83. The Kier molecular flexibility index (Phi) is 7.20.